The second-order valence-electron chi connectivity index (χ2n) is 14.1. The zero-order valence-electron chi connectivity index (χ0n) is 29.9. The van der Waals surface area contributed by atoms with Crippen LogP contribution in [0.15, 0.2) is 176 Å². The van der Waals surface area contributed by atoms with Gasteiger partial charge in [-0.2, -0.15) is 0 Å². The van der Waals surface area contributed by atoms with Gasteiger partial charge in [0.05, 0.1) is 28.1 Å². The predicted octanol–water partition coefficient (Wildman–Crippen LogP) is 13.1. The minimum absolute atomic E-state index is 0.691. The van der Waals surface area contributed by atoms with Crippen LogP contribution >= 0.6 is 0 Å². The lowest BCUT2D eigenvalue weighted by atomic mass is 9.91. The molecule has 9 aromatic rings. The number of para-hydroxylation sites is 3. The fourth-order valence-electron chi connectivity index (χ4n) is 8.36. The number of hydrogen-bond donors (Lipinski definition) is 0. The molecule has 0 N–H and O–H groups in total. The molecule has 0 saturated heterocycles. The Morgan fingerprint density at radius 3 is 2.09 bits per heavy atom. The van der Waals surface area contributed by atoms with Gasteiger partial charge in [0.25, 0.3) is 0 Å². The Kier molecular flexibility index (Phi) is 7.24. The highest BCUT2D eigenvalue weighted by molar-refractivity contribution is 6.19. The summed E-state index contributed by atoms with van der Waals surface area (Å²) in [6, 6.07) is 59.4. The van der Waals surface area contributed by atoms with E-state index in [-0.39, 0.29) is 0 Å². The maximum absolute atomic E-state index is 6.69. The quantitative estimate of drug-likeness (QED) is 0.179. The average Bonchev–Trinajstić information content (AvgIpc) is 3.61. The van der Waals surface area contributed by atoms with Crippen molar-refractivity contribution in [2.75, 3.05) is 4.90 Å². The zero-order chi connectivity index (χ0) is 36.3. The fourth-order valence-corrected chi connectivity index (χ4v) is 8.36. The highest BCUT2D eigenvalue weighted by Crippen LogP contribution is 2.52. The van der Waals surface area contributed by atoms with E-state index in [1.807, 2.05) is 36.4 Å². The lowest BCUT2D eigenvalue weighted by Crippen LogP contribution is -2.15. The molecule has 0 amide bonds. The van der Waals surface area contributed by atoms with Crippen LogP contribution in [0, 0.1) is 0 Å². The zero-order valence-corrected chi connectivity index (χ0v) is 29.9. The number of nitrogens with zero attached hydrogens (tertiary/aromatic N) is 4. The normalized spacial score (nSPS) is 13.0. The minimum atomic E-state index is 0.691. The van der Waals surface area contributed by atoms with Crippen molar-refractivity contribution in [3.05, 3.63) is 187 Å². The molecule has 260 valence electrons. The van der Waals surface area contributed by atoms with Gasteiger partial charge >= 0.3 is 0 Å². The minimum Gasteiger partial charge on any atom is -0.453 e. The number of aromatic nitrogens is 3. The van der Waals surface area contributed by atoms with Gasteiger partial charge in [0.15, 0.2) is 17.3 Å². The number of allylic oxidation sites excluding steroid dienone is 1. The molecule has 11 rings (SSSR count). The van der Waals surface area contributed by atoms with Gasteiger partial charge in [0.1, 0.15) is 5.82 Å². The number of hydrogen-bond acceptors (Lipinski definition) is 4. The van der Waals surface area contributed by atoms with Crippen LogP contribution < -0.4 is 9.64 Å². The van der Waals surface area contributed by atoms with Gasteiger partial charge in [0.2, 0.25) is 0 Å². The second-order valence-corrected chi connectivity index (χ2v) is 14.1. The Labute approximate surface area is 319 Å². The molecule has 5 nitrogen and oxygen atoms in total. The molecule has 1 aliphatic carbocycles. The van der Waals surface area contributed by atoms with Crippen LogP contribution in [-0.2, 0) is 6.42 Å². The van der Waals surface area contributed by atoms with E-state index in [0.717, 1.165) is 86.2 Å². The van der Waals surface area contributed by atoms with Gasteiger partial charge in [-0.25, -0.2) is 9.97 Å². The van der Waals surface area contributed by atoms with Gasteiger partial charge in [-0.15, -0.1) is 0 Å². The van der Waals surface area contributed by atoms with Gasteiger partial charge in [-0.3, -0.25) is 4.57 Å². The third kappa shape index (κ3) is 5.16. The van der Waals surface area contributed by atoms with E-state index in [0.29, 0.717) is 5.82 Å². The molecular weight excluding hydrogens is 673 g/mol. The highest BCUT2D eigenvalue weighted by atomic mass is 16.5. The summed E-state index contributed by atoms with van der Waals surface area (Å²) >= 11 is 0. The third-order valence-corrected chi connectivity index (χ3v) is 10.8. The van der Waals surface area contributed by atoms with Crippen LogP contribution in [-0.4, -0.2) is 14.5 Å². The van der Waals surface area contributed by atoms with Crippen molar-refractivity contribution < 1.29 is 4.74 Å². The number of anilines is 3. The summed E-state index contributed by atoms with van der Waals surface area (Å²) in [7, 11) is 0. The summed E-state index contributed by atoms with van der Waals surface area (Å²) in [5.74, 6) is 3.17. The van der Waals surface area contributed by atoms with Crippen molar-refractivity contribution in [3.63, 3.8) is 0 Å². The fraction of sp³-hybridized carbons (Fsp3) is 0.0400. The van der Waals surface area contributed by atoms with E-state index in [1.165, 1.54) is 21.9 Å². The van der Waals surface area contributed by atoms with Crippen LogP contribution in [0.4, 0.5) is 17.1 Å². The van der Waals surface area contributed by atoms with Crippen LogP contribution in [0.5, 0.6) is 11.5 Å². The molecule has 0 fully saturated rings. The van der Waals surface area contributed by atoms with Crippen molar-refractivity contribution in [1.82, 2.24) is 14.5 Å². The molecule has 7 aromatic carbocycles. The molecule has 1 aliphatic heterocycles. The highest BCUT2D eigenvalue weighted by Gasteiger charge is 2.27. The molecule has 0 atom stereocenters. The molecule has 5 heteroatoms. The lowest BCUT2D eigenvalue weighted by Gasteiger charge is -2.33. The third-order valence-electron chi connectivity index (χ3n) is 10.8. The van der Waals surface area contributed by atoms with Gasteiger partial charge in [-0.05, 0) is 83.6 Å². The molecule has 2 aliphatic rings. The van der Waals surface area contributed by atoms with Crippen molar-refractivity contribution in [1.29, 1.82) is 0 Å². The topological polar surface area (TPSA) is 43.2 Å². The van der Waals surface area contributed by atoms with Gasteiger partial charge < -0.3 is 9.64 Å². The van der Waals surface area contributed by atoms with E-state index in [1.54, 1.807) is 0 Å². The molecule has 0 unspecified atom stereocenters. The average molecular weight is 707 g/mol. The predicted molar refractivity (Wildman–Crippen MR) is 225 cm³/mol. The Hall–Kier alpha value is -7.24. The molecule has 0 saturated carbocycles. The first-order chi connectivity index (χ1) is 27.3. The van der Waals surface area contributed by atoms with Crippen molar-refractivity contribution >= 4 is 44.9 Å². The first kappa shape index (κ1) is 31.3. The smallest absolute Gasteiger partial charge is 0.162 e. The number of aryl methyl sites for hydroxylation is 1. The van der Waals surface area contributed by atoms with E-state index >= 15 is 0 Å². The molecule has 0 spiro atoms. The number of benzene rings is 7. The van der Waals surface area contributed by atoms with Crippen molar-refractivity contribution in [2.24, 2.45) is 0 Å². The maximum Gasteiger partial charge on any atom is 0.162 e. The summed E-state index contributed by atoms with van der Waals surface area (Å²) in [5.41, 5.74) is 13.1. The van der Waals surface area contributed by atoms with Gasteiger partial charge in [-0.1, -0.05) is 127 Å². The number of fused-ring (bicyclic) bond motifs is 7. The van der Waals surface area contributed by atoms with Crippen molar-refractivity contribution in [2.45, 2.75) is 12.8 Å². The van der Waals surface area contributed by atoms with E-state index in [4.69, 9.17) is 14.7 Å². The Bertz CT molecular complexity index is 2890. The summed E-state index contributed by atoms with van der Waals surface area (Å²) < 4.78 is 9.02. The van der Waals surface area contributed by atoms with Crippen LogP contribution in [0.3, 0.4) is 0 Å². The largest absolute Gasteiger partial charge is 0.453 e. The SMILES string of the molecule is C1=Cc2c(ccc3c2c2c(-c4ccc5c(c4)Oc4ccccc4N5c4ccccc4)cccc2n3-c2cc(-c3ccccc3)nc(-c3ccccc3)n2)CC1. The van der Waals surface area contributed by atoms with E-state index < -0.39 is 0 Å². The van der Waals surface area contributed by atoms with Crippen LogP contribution in [0.2, 0.25) is 0 Å². The van der Waals surface area contributed by atoms with E-state index in [9.17, 15) is 0 Å². The van der Waals surface area contributed by atoms with Crippen LogP contribution in [0.1, 0.15) is 17.5 Å². The van der Waals surface area contributed by atoms with Crippen LogP contribution in [0.25, 0.3) is 67.5 Å². The molecule has 3 heterocycles. The summed E-state index contributed by atoms with van der Waals surface area (Å²) in [5, 5.41) is 2.42. The first-order valence-corrected chi connectivity index (χ1v) is 18.8. The molecular formula is C50H34N4O. The molecule has 2 aromatic heterocycles. The second kappa shape index (κ2) is 12.7. The van der Waals surface area contributed by atoms with Gasteiger partial charge in [0, 0.05) is 33.7 Å². The molecule has 55 heavy (non-hydrogen) atoms. The Morgan fingerprint density at radius 2 is 1.25 bits per heavy atom. The maximum atomic E-state index is 6.69. The summed E-state index contributed by atoms with van der Waals surface area (Å²) in [6.45, 7) is 0. The Morgan fingerprint density at radius 1 is 0.527 bits per heavy atom. The Balaban J connectivity index is 1.17. The number of ether oxygens (including phenoxy) is 1. The monoisotopic (exact) mass is 706 g/mol. The standard InChI is InChI=1S/C50H34N4O/c1-4-16-34(17-5-1)40-32-47(52-50(51-40)35-18-6-2-7-19-35)54-43-25-14-23-39(49(43)48-38-22-11-10-15-33(38)27-30-44(48)54)36-28-29-42-46(31-36)55-45-26-13-12-24-41(45)53(42)37-20-8-3-9-21-37/h1-9,11-14,16-32H,10,15H2. The first-order valence-electron chi connectivity index (χ1n) is 18.8. The van der Waals surface area contributed by atoms with E-state index in [2.05, 4.69) is 155 Å². The lowest BCUT2D eigenvalue weighted by molar-refractivity contribution is 0.477. The molecule has 0 radical (unpaired) electrons. The summed E-state index contributed by atoms with van der Waals surface area (Å²) in [6.07, 6.45) is 6.68. The molecule has 0 bridgehead atoms. The number of rotatable bonds is 5. The van der Waals surface area contributed by atoms with Crippen molar-refractivity contribution in [3.8, 4) is 51.1 Å². The summed E-state index contributed by atoms with van der Waals surface area (Å²) in [4.78, 5) is 12.7.